The number of hydrazone groups is 1. The maximum atomic E-state index is 12.5. The molecule has 0 fully saturated rings. The van der Waals surface area contributed by atoms with Crippen LogP contribution < -0.4 is 20.8 Å². The fraction of sp³-hybridized carbons (Fsp3) is 0.375. The summed E-state index contributed by atoms with van der Waals surface area (Å²) in [7, 11) is 0. The number of nitrogens with zero attached hydrogens (tertiary/aromatic N) is 4. The smallest absolute Gasteiger partial charge is 0.387 e. The molecule has 3 N–H and O–H groups in total. The van der Waals surface area contributed by atoms with Gasteiger partial charge in [0.2, 0.25) is 17.8 Å². The lowest BCUT2D eigenvalue weighted by Crippen LogP contribution is -2.12. The summed E-state index contributed by atoms with van der Waals surface area (Å²) in [4.78, 5) is 12.6. The molecule has 1 aromatic carbocycles. The Morgan fingerprint density at radius 1 is 1.04 bits per heavy atom. The first-order chi connectivity index (χ1) is 12.5. The molecule has 2 rings (SSSR count). The zero-order valence-electron chi connectivity index (χ0n) is 14.8. The minimum Gasteiger partial charge on any atom is -0.434 e. The van der Waals surface area contributed by atoms with Gasteiger partial charge in [0, 0.05) is 18.7 Å². The van der Waals surface area contributed by atoms with E-state index in [-0.39, 0.29) is 11.7 Å². The third-order valence-corrected chi connectivity index (χ3v) is 3.12. The summed E-state index contributed by atoms with van der Waals surface area (Å²) in [6.07, 6.45) is 0. The van der Waals surface area contributed by atoms with Crippen molar-refractivity contribution in [3.63, 3.8) is 0 Å². The third kappa shape index (κ3) is 5.50. The van der Waals surface area contributed by atoms with Gasteiger partial charge in [-0.15, -0.1) is 0 Å². The number of aromatic nitrogens is 3. The van der Waals surface area contributed by atoms with Crippen LogP contribution in [0.5, 0.6) is 5.75 Å². The monoisotopic (exact) mass is 365 g/mol. The zero-order valence-corrected chi connectivity index (χ0v) is 14.8. The van der Waals surface area contributed by atoms with Gasteiger partial charge in [0.15, 0.2) is 0 Å². The standard InChI is InChI=1S/C16H21F2N7O/c1-4-19-14-21-15(20-5-2)23-16(22-14)25-24-10(3)11-8-6-7-9-12(11)26-13(17)18/h6-9,13H,4-5H2,1-3H3,(H3,19,20,21,22,23,25)/b24-10+. The minimum absolute atomic E-state index is 0.0443. The molecule has 0 atom stereocenters. The van der Waals surface area contributed by atoms with E-state index in [1.54, 1.807) is 25.1 Å². The lowest BCUT2D eigenvalue weighted by atomic mass is 10.1. The van der Waals surface area contributed by atoms with Crippen LogP contribution in [0.15, 0.2) is 29.4 Å². The molecule has 0 aliphatic rings. The van der Waals surface area contributed by atoms with Crippen LogP contribution in [0.3, 0.4) is 0 Å². The van der Waals surface area contributed by atoms with Crippen LogP contribution in [-0.2, 0) is 0 Å². The summed E-state index contributed by atoms with van der Waals surface area (Å²) in [6, 6.07) is 6.41. The van der Waals surface area contributed by atoms with E-state index in [0.717, 1.165) is 0 Å². The van der Waals surface area contributed by atoms with Crippen molar-refractivity contribution in [3.05, 3.63) is 29.8 Å². The van der Waals surface area contributed by atoms with Crippen molar-refractivity contribution in [1.29, 1.82) is 0 Å². The Morgan fingerprint density at radius 2 is 1.62 bits per heavy atom. The summed E-state index contributed by atoms with van der Waals surface area (Å²) in [5, 5.41) is 10.2. The van der Waals surface area contributed by atoms with Crippen molar-refractivity contribution in [2.45, 2.75) is 27.4 Å². The molecule has 0 saturated heterocycles. The Balaban J connectivity index is 2.23. The highest BCUT2D eigenvalue weighted by atomic mass is 19.3. The van der Waals surface area contributed by atoms with Gasteiger partial charge in [-0.25, -0.2) is 5.43 Å². The first kappa shape index (κ1) is 19.3. The highest BCUT2D eigenvalue weighted by Crippen LogP contribution is 2.21. The number of hydrogen-bond acceptors (Lipinski definition) is 8. The lowest BCUT2D eigenvalue weighted by Gasteiger charge is -2.11. The van der Waals surface area contributed by atoms with Crippen LogP contribution in [-0.4, -0.2) is 40.4 Å². The van der Waals surface area contributed by atoms with Crippen molar-refractivity contribution in [3.8, 4) is 5.75 Å². The van der Waals surface area contributed by atoms with Crippen molar-refractivity contribution in [2.75, 3.05) is 29.1 Å². The number of anilines is 3. The van der Waals surface area contributed by atoms with Crippen molar-refractivity contribution >= 4 is 23.6 Å². The van der Waals surface area contributed by atoms with Crippen LogP contribution >= 0.6 is 0 Å². The Kier molecular flexibility index (Phi) is 7.01. The van der Waals surface area contributed by atoms with Gasteiger partial charge in [0.05, 0.1) is 5.71 Å². The highest BCUT2D eigenvalue weighted by Gasteiger charge is 2.11. The molecular weight excluding hydrogens is 344 g/mol. The van der Waals surface area contributed by atoms with Crippen molar-refractivity contribution in [1.82, 2.24) is 15.0 Å². The Labute approximate surface area is 150 Å². The molecule has 2 aromatic rings. The lowest BCUT2D eigenvalue weighted by molar-refractivity contribution is -0.0499. The Hall–Kier alpha value is -3.04. The molecule has 0 aliphatic heterocycles. The van der Waals surface area contributed by atoms with E-state index in [1.807, 2.05) is 13.8 Å². The minimum atomic E-state index is -2.91. The molecule has 0 unspecified atom stereocenters. The summed E-state index contributed by atoms with van der Waals surface area (Å²) in [5.74, 6) is 1.06. The SMILES string of the molecule is CCNc1nc(NCC)nc(N/N=C(\C)c2ccccc2OC(F)F)n1. The predicted molar refractivity (Wildman–Crippen MR) is 97.1 cm³/mol. The predicted octanol–water partition coefficient (Wildman–Crippen LogP) is 3.17. The van der Waals surface area contributed by atoms with Gasteiger partial charge in [0.25, 0.3) is 0 Å². The maximum Gasteiger partial charge on any atom is 0.387 e. The first-order valence-electron chi connectivity index (χ1n) is 8.11. The van der Waals surface area contributed by atoms with Gasteiger partial charge < -0.3 is 15.4 Å². The molecule has 1 aromatic heterocycles. The van der Waals surface area contributed by atoms with Crippen LogP contribution in [0.25, 0.3) is 0 Å². The van der Waals surface area contributed by atoms with E-state index < -0.39 is 6.61 Å². The maximum absolute atomic E-state index is 12.5. The second-order valence-electron chi connectivity index (χ2n) is 5.05. The number of para-hydroxylation sites is 1. The molecule has 0 aliphatic carbocycles. The van der Waals surface area contributed by atoms with Gasteiger partial charge in [-0.2, -0.15) is 28.8 Å². The van der Waals surface area contributed by atoms with Gasteiger partial charge in [-0.3, -0.25) is 0 Å². The molecule has 0 spiro atoms. The first-order valence-corrected chi connectivity index (χ1v) is 8.11. The van der Waals surface area contributed by atoms with Gasteiger partial charge in [-0.05, 0) is 32.9 Å². The van der Waals surface area contributed by atoms with Crippen LogP contribution in [0.2, 0.25) is 0 Å². The second kappa shape index (κ2) is 9.44. The molecular formula is C16H21F2N7O. The molecule has 1 heterocycles. The number of halogens is 2. The van der Waals surface area contributed by atoms with E-state index in [2.05, 4.69) is 40.8 Å². The van der Waals surface area contributed by atoms with Gasteiger partial charge >= 0.3 is 6.61 Å². The molecule has 26 heavy (non-hydrogen) atoms. The normalized spacial score (nSPS) is 11.4. The van der Waals surface area contributed by atoms with Crippen LogP contribution in [0.1, 0.15) is 26.3 Å². The van der Waals surface area contributed by atoms with E-state index in [1.165, 1.54) is 6.07 Å². The van der Waals surface area contributed by atoms with Crippen molar-refractivity contribution in [2.24, 2.45) is 5.10 Å². The van der Waals surface area contributed by atoms with Crippen molar-refractivity contribution < 1.29 is 13.5 Å². The van der Waals surface area contributed by atoms with E-state index in [4.69, 9.17) is 0 Å². The summed E-state index contributed by atoms with van der Waals surface area (Å²) >= 11 is 0. The van der Waals surface area contributed by atoms with Gasteiger partial charge in [0.1, 0.15) is 5.75 Å². The number of rotatable bonds is 9. The summed E-state index contributed by atoms with van der Waals surface area (Å²) in [5.41, 5.74) is 3.60. The van der Waals surface area contributed by atoms with E-state index in [0.29, 0.717) is 36.3 Å². The average Bonchev–Trinajstić information content (AvgIpc) is 2.60. The average molecular weight is 365 g/mol. The molecule has 0 amide bonds. The largest absolute Gasteiger partial charge is 0.434 e. The fourth-order valence-corrected chi connectivity index (χ4v) is 2.06. The quantitative estimate of drug-likeness (QED) is 0.464. The molecule has 0 bridgehead atoms. The number of benzene rings is 1. The van der Waals surface area contributed by atoms with Crippen LogP contribution in [0, 0.1) is 0 Å². The summed E-state index contributed by atoms with van der Waals surface area (Å²) < 4.78 is 29.6. The number of alkyl halides is 2. The zero-order chi connectivity index (χ0) is 18.9. The highest BCUT2D eigenvalue weighted by molar-refractivity contribution is 6.01. The second-order valence-corrected chi connectivity index (χ2v) is 5.05. The van der Waals surface area contributed by atoms with E-state index in [9.17, 15) is 8.78 Å². The Morgan fingerprint density at radius 3 is 2.19 bits per heavy atom. The summed E-state index contributed by atoms with van der Waals surface area (Å²) in [6.45, 7) is 3.90. The molecule has 140 valence electrons. The third-order valence-electron chi connectivity index (χ3n) is 3.12. The number of ether oxygens (including phenoxy) is 1. The topological polar surface area (TPSA) is 96.4 Å². The van der Waals surface area contributed by atoms with Gasteiger partial charge in [-0.1, -0.05) is 12.1 Å². The number of nitrogens with one attached hydrogen (secondary N) is 3. The molecule has 0 radical (unpaired) electrons. The molecule has 10 heteroatoms. The fourth-order valence-electron chi connectivity index (χ4n) is 2.06. The van der Waals surface area contributed by atoms with E-state index >= 15 is 0 Å². The Bertz CT molecular complexity index is 731. The van der Waals surface area contributed by atoms with Crippen LogP contribution in [0.4, 0.5) is 26.6 Å². The number of hydrogen-bond donors (Lipinski definition) is 3. The molecule has 0 saturated carbocycles. The molecule has 8 nitrogen and oxygen atoms in total.